The van der Waals surface area contributed by atoms with Crippen LogP contribution in [0.2, 0.25) is 0 Å². The third kappa shape index (κ3) is 7.44. The molecule has 2 rings (SSSR count). The van der Waals surface area contributed by atoms with E-state index in [-0.39, 0.29) is 12.0 Å². The zero-order valence-electron chi connectivity index (χ0n) is 16.8. The summed E-state index contributed by atoms with van der Waals surface area (Å²) in [5.41, 5.74) is 0.362. The first-order valence-electron chi connectivity index (χ1n) is 9.60. The maximum absolute atomic E-state index is 12.4. The second-order valence-electron chi connectivity index (χ2n) is 7.06. The Morgan fingerprint density at radius 3 is 2.31 bits per heavy atom. The normalized spacial score (nSPS) is 13.9. The first-order chi connectivity index (χ1) is 13.8. The maximum atomic E-state index is 12.4. The average molecular weight is 405 g/mol. The van der Waals surface area contributed by atoms with Crippen LogP contribution in [0.3, 0.4) is 0 Å². The number of hydrogen-bond acceptors (Lipinski definition) is 6. The Kier molecular flexibility index (Phi) is 7.99. The molecule has 0 heterocycles. The summed E-state index contributed by atoms with van der Waals surface area (Å²) in [5, 5.41) is 7.30. The zero-order valence-corrected chi connectivity index (χ0v) is 16.8. The van der Waals surface area contributed by atoms with Crippen molar-refractivity contribution in [1.82, 2.24) is 16.0 Å². The lowest BCUT2D eigenvalue weighted by molar-refractivity contribution is -0.151. The summed E-state index contributed by atoms with van der Waals surface area (Å²) >= 11 is 0. The summed E-state index contributed by atoms with van der Waals surface area (Å²) in [6.07, 6.45) is 1.78. The van der Waals surface area contributed by atoms with Gasteiger partial charge in [-0.3, -0.25) is 14.9 Å². The van der Waals surface area contributed by atoms with Gasteiger partial charge in [0.1, 0.15) is 11.8 Å². The van der Waals surface area contributed by atoms with Gasteiger partial charge in [0.15, 0.2) is 6.61 Å². The standard InChI is InChI=1S/C20H27N3O6/c1-4-28-15-9-5-13(6-10-15)18(25)23-17(12(2)3)19(26)29-11-16(24)22-20(27)21-14-7-8-14/h5-6,9-10,12,14,17H,4,7-8,11H2,1-3H3,(H,23,25)(H2,21,22,24,27)/t17-/m0/s1. The number of imide groups is 1. The van der Waals surface area contributed by atoms with E-state index in [1.54, 1.807) is 38.1 Å². The molecule has 0 aromatic heterocycles. The van der Waals surface area contributed by atoms with Gasteiger partial charge in [0.05, 0.1) is 6.61 Å². The molecule has 1 aromatic carbocycles. The molecule has 29 heavy (non-hydrogen) atoms. The highest BCUT2D eigenvalue weighted by molar-refractivity contribution is 5.98. The van der Waals surface area contributed by atoms with Gasteiger partial charge in [-0.15, -0.1) is 0 Å². The Balaban J connectivity index is 1.85. The van der Waals surface area contributed by atoms with Gasteiger partial charge < -0.3 is 20.1 Å². The largest absolute Gasteiger partial charge is 0.494 e. The van der Waals surface area contributed by atoms with E-state index in [0.29, 0.717) is 17.9 Å². The molecule has 158 valence electrons. The number of hydrogen-bond donors (Lipinski definition) is 3. The van der Waals surface area contributed by atoms with Crippen LogP contribution >= 0.6 is 0 Å². The lowest BCUT2D eigenvalue weighted by atomic mass is 10.0. The molecule has 1 fully saturated rings. The van der Waals surface area contributed by atoms with Crippen molar-refractivity contribution in [2.75, 3.05) is 13.2 Å². The van der Waals surface area contributed by atoms with Crippen molar-refractivity contribution < 1.29 is 28.7 Å². The molecule has 9 heteroatoms. The van der Waals surface area contributed by atoms with Crippen molar-refractivity contribution in [3.05, 3.63) is 29.8 Å². The van der Waals surface area contributed by atoms with Gasteiger partial charge in [-0.05, 0) is 49.9 Å². The predicted molar refractivity (Wildman–Crippen MR) is 104 cm³/mol. The molecule has 0 unspecified atom stereocenters. The Morgan fingerprint density at radius 1 is 1.10 bits per heavy atom. The smallest absolute Gasteiger partial charge is 0.329 e. The molecule has 1 aliphatic rings. The summed E-state index contributed by atoms with van der Waals surface area (Å²) in [7, 11) is 0. The summed E-state index contributed by atoms with van der Waals surface area (Å²) in [6.45, 7) is 5.25. The number of urea groups is 1. The maximum Gasteiger partial charge on any atom is 0.329 e. The summed E-state index contributed by atoms with van der Waals surface area (Å²) in [6, 6.07) is 5.06. The van der Waals surface area contributed by atoms with E-state index in [0.717, 1.165) is 12.8 Å². The number of ether oxygens (including phenoxy) is 2. The number of benzene rings is 1. The van der Waals surface area contributed by atoms with E-state index in [1.807, 2.05) is 6.92 Å². The molecule has 0 spiro atoms. The van der Waals surface area contributed by atoms with Crippen LogP contribution in [0.5, 0.6) is 5.75 Å². The molecule has 9 nitrogen and oxygen atoms in total. The van der Waals surface area contributed by atoms with Crippen molar-refractivity contribution in [2.45, 2.75) is 45.7 Å². The number of nitrogens with one attached hydrogen (secondary N) is 3. The molecule has 1 saturated carbocycles. The molecule has 4 amide bonds. The van der Waals surface area contributed by atoms with E-state index >= 15 is 0 Å². The Bertz CT molecular complexity index is 743. The van der Waals surface area contributed by atoms with Crippen LogP contribution in [0.1, 0.15) is 44.0 Å². The highest BCUT2D eigenvalue weighted by atomic mass is 16.5. The van der Waals surface area contributed by atoms with Gasteiger partial charge in [-0.2, -0.15) is 0 Å². The molecule has 0 aliphatic heterocycles. The second-order valence-corrected chi connectivity index (χ2v) is 7.06. The third-order valence-corrected chi connectivity index (χ3v) is 4.15. The SMILES string of the molecule is CCOc1ccc(C(=O)N[C@H](C(=O)OCC(=O)NC(=O)NC2CC2)C(C)C)cc1. The zero-order chi connectivity index (χ0) is 21.4. The Morgan fingerprint density at radius 2 is 1.76 bits per heavy atom. The van der Waals surface area contributed by atoms with Crippen molar-refractivity contribution >= 4 is 23.8 Å². The highest BCUT2D eigenvalue weighted by Crippen LogP contribution is 2.18. The molecular weight excluding hydrogens is 378 g/mol. The second kappa shape index (κ2) is 10.4. The van der Waals surface area contributed by atoms with Gasteiger partial charge >= 0.3 is 12.0 Å². The van der Waals surface area contributed by atoms with Crippen LogP contribution in [0.25, 0.3) is 0 Å². The molecule has 0 saturated heterocycles. The number of carbonyl (C=O) groups is 4. The van der Waals surface area contributed by atoms with E-state index < -0.39 is 36.5 Å². The fourth-order valence-corrected chi connectivity index (χ4v) is 2.43. The van der Waals surface area contributed by atoms with Crippen LogP contribution in [0.15, 0.2) is 24.3 Å². The number of carbonyl (C=O) groups excluding carboxylic acids is 4. The predicted octanol–water partition coefficient (Wildman–Crippen LogP) is 1.37. The molecule has 0 radical (unpaired) electrons. The lowest BCUT2D eigenvalue weighted by Crippen LogP contribution is -2.47. The van der Waals surface area contributed by atoms with Gasteiger partial charge in [0.2, 0.25) is 0 Å². The highest BCUT2D eigenvalue weighted by Gasteiger charge is 2.27. The van der Waals surface area contributed by atoms with Crippen molar-refractivity contribution in [3.63, 3.8) is 0 Å². The van der Waals surface area contributed by atoms with E-state index in [9.17, 15) is 19.2 Å². The van der Waals surface area contributed by atoms with E-state index in [1.165, 1.54) is 0 Å². The van der Waals surface area contributed by atoms with Crippen LogP contribution in [0, 0.1) is 5.92 Å². The van der Waals surface area contributed by atoms with Crippen molar-refractivity contribution in [2.24, 2.45) is 5.92 Å². The Hall–Kier alpha value is -3.10. The summed E-state index contributed by atoms with van der Waals surface area (Å²) < 4.78 is 10.3. The minimum atomic E-state index is -0.942. The molecule has 1 aliphatic carbocycles. The fourth-order valence-electron chi connectivity index (χ4n) is 2.43. The quantitative estimate of drug-likeness (QED) is 0.533. The summed E-state index contributed by atoms with van der Waals surface area (Å²) in [5.74, 6) is -1.57. The summed E-state index contributed by atoms with van der Waals surface area (Å²) in [4.78, 5) is 48.0. The topological polar surface area (TPSA) is 123 Å². The monoisotopic (exact) mass is 405 g/mol. The number of amides is 4. The van der Waals surface area contributed by atoms with E-state index in [4.69, 9.17) is 9.47 Å². The fraction of sp³-hybridized carbons (Fsp3) is 0.500. The van der Waals surface area contributed by atoms with E-state index in [2.05, 4.69) is 16.0 Å². The van der Waals surface area contributed by atoms with Crippen molar-refractivity contribution in [3.8, 4) is 5.75 Å². The van der Waals surface area contributed by atoms with Crippen LogP contribution < -0.4 is 20.7 Å². The molecular formula is C20H27N3O6. The average Bonchev–Trinajstić information content (AvgIpc) is 3.48. The first-order valence-corrected chi connectivity index (χ1v) is 9.60. The number of esters is 1. The van der Waals surface area contributed by atoms with Gasteiger partial charge in [-0.25, -0.2) is 9.59 Å². The number of rotatable bonds is 9. The van der Waals surface area contributed by atoms with Crippen molar-refractivity contribution in [1.29, 1.82) is 0 Å². The van der Waals surface area contributed by atoms with Crippen LogP contribution in [-0.4, -0.2) is 49.1 Å². The minimum absolute atomic E-state index is 0.105. The first kappa shape index (κ1) is 22.2. The minimum Gasteiger partial charge on any atom is -0.494 e. The third-order valence-electron chi connectivity index (χ3n) is 4.15. The van der Waals surface area contributed by atoms with Gasteiger partial charge in [-0.1, -0.05) is 13.8 Å². The molecule has 3 N–H and O–H groups in total. The molecule has 1 atom stereocenters. The lowest BCUT2D eigenvalue weighted by Gasteiger charge is -2.20. The molecule has 0 bridgehead atoms. The van der Waals surface area contributed by atoms with Gasteiger partial charge in [0.25, 0.3) is 11.8 Å². The van der Waals surface area contributed by atoms with Crippen LogP contribution in [0.4, 0.5) is 4.79 Å². The Labute approximate surface area is 169 Å². The molecule has 1 aromatic rings. The van der Waals surface area contributed by atoms with Crippen LogP contribution in [-0.2, 0) is 14.3 Å². The van der Waals surface area contributed by atoms with Gasteiger partial charge in [0, 0.05) is 11.6 Å².